The van der Waals surface area contributed by atoms with E-state index in [4.69, 9.17) is 16.9 Å². The summed E-state index contributed by atoms with van der Waals surface area (Å²) in [7, 11) is 0. The molecule has 0 aliphatic heterocycles. The maximum Gasteiger partial charge on any atom is 0.205 e. The van der Waals surface area contributed by atoms with Gasteiger partial charge < -0.3 is 0 Å². The predicted octanol–water partition coefficient (Wildman–Crippen LogP) is 6.93. The van der Waals surface area contributed by atoms with E-state index in [-0.39, 0.29) is 11.1 Å². The van der Waals surface area contributed by atoms with Crippen LogP contribution in [-0.2, 0) is 0 Å². The Morgan fingerprint density at radius 1 is 0.667 bits per heavy atom. The first-order valence-electron chi connectivity index (χ1n) is 15.6. The first-order chi connectivity index (χ1) is 24.8. The second-order valence-electron chi connectivity index (χ2n) is 11.4. The van der Waals surface area contributed by atoms with Gasteiger partial charge in [0.1, 0.15) is 11.6 Å². The minimum atomic E-state index is -0.470. The molecule has 0 atom stereocenters. The average Bonchev–Trinajstić information content (AvgIpc) is 4.10. The fourth-order valence-corrected chi connectivity index (χ4v) is 5.11. The molecule has 0 unspecified atom stereocenters. The van der Waals surface area contributed by atoms with Crippen molar-refractivity contribution >= 4 is 15.9 Å². The number of terminal acetylenes is 1. The van der Waals surface area contributed by atoms with Gasteiger partial charge in [-0.3, -0.25) is 0 Å². The lowest BCUT2D eigenvalue weighted by Crippen LogP contribution is -1.97. The topological polar surface area (TPSA) is 135 Å². The second-order valence-corrected chi connectivity index (χ2v) is 12.1. The average molecular weight is 740 g/mol. The molecule has 6 aromatic rings. The molecule has 13 heteroatoms. The van der Waals surface area contributed by atoms with Gasteiger partial charge in [0.15, 0.2) is 4.73 Å². The van der Waals surface area contributed by atoms with Crippen LogP contribution in [0.15, 0.2) is 90.4 Å². The SMILES string of the molecule is Brc1ncccn1.C#Cc1cn(-c2cc(F)cc(C#N)c2)nc1C1CC1.N#Cc1cc(F)cc(-n2cc(C#Cc3ncccn3)c(C3CC3)n2)c1. The van der Waals surface area contributed by atoms with E-state index < -0.39 is 11.6 Å². The van der Waals surface area contributed by atoms with E-state index in [1.165, 1.54) is 24.3 Å². The Hall–Kier alpha value is -6.54. The number of hydrogen-bond acceptors (Lipinski definition) is 8. The summed E-state index contributed by atoms with van der Waals surface area (Å²) in [4.78, 5) is 15.7. The first kappa shape index (κ1) is 34.3. The van der Waals surface area contributed by atoms with Crippen LogP contribution in [0.4, 0.5) is 8.78 Å². The highest BCUT2D eigenvalue weighted by Crippen LogP contribution is 2.41. The van der Waals surface area contributed by atoms with Crippen LogP contribution in [0.3, 0.4) is 0 Å². The summed E-state index contributed by atoms with van der Waals surface area (Å²) >= 11 is 3.09. The molecule has 8 rings (SSSR count). The lowest BCUT2D eigenvalue weighted by molar-refractivity contribution is 0.624. The van der Waals surface area contributed by atoms with Crippen LogP contribution < -0.4 is 0 Å². The zero-order valence-corrected chi connectivity index (χ0v) is 28.3. The fourth-order valence-electron chi connectivity index (χ4n) is 4.87. The van der Waals surface area contributed by atoms with Crippen LogP contribution >= 0.6 is 15.9 Å². The van der Waals surface area contributed by atoms with E-state index in [1.807, 2.05) is 12.1 Å². The van der Waals surface area contributed by atoms with Crippen molar-refractivity contribution in [1.29, 1.82) is 10.5 Å². The van der Waals surface area contributed by atoms with Gasteiger partial charge in [0.05, 0.1) is 57.2 Å². The van der Waals surface area contributed by atoms with Gasteiger partial charge in [0, 0.05) is 49.0 Å². The van der Waals surface area contributed by atoms with Crippen molar-refractivity contribution in [2.24, 2.45) is 0 Å². The molecule has 51 heavy (non-hydrogen) atoms. The van der Waals surface area contributed by atoms with Crippen LogP contribution in [0.2, 0.25) is 0 Å². The van der Waals surface area contributed by atoms with Gasteiger partial charge in [-0.05, 0) is 96.1 Å². The Bertz CT molecular complexity index is 2370. The van der Waals surface area contributed by atoms with Crippen molar-refractivity contribution in [2.75, 3.05) is 0 Å². The quantitative estimate of drug-likeness (QED) is 0.140. The molecular weight excluding hydrogens is 714 g/mol. The van der Waals surface area contributed by atoms with Crippen molar-refractivity contribution < 1.29 is 8.78 Å². The molecule has 0 N–H and O–H groups in total. The Morgan fingerprint density at radius 2 is 1.14 bits per heavy atom. The summed E-state index contributed by atoms with van der Waals surface area (Å²) in [5.74, 6) is 8.93. The molecule has 0 bridgehead atoms. The third-order valence-corrected chi connectivity index (χ3v) is 7.94. The van der Waals surface area contributed by atoms with Gasteiger partial charge in [-0.15, -0.1) is 6.42 Å². The van der Waals surface area contributed by atoms with Crippen LogP contribution in [0.25, 0.3) is 11.4 Å². The molecule has 2 fully saturated rings. The predicted molar refractivity (Wildman–Crippen MR) is 186 cm³/mol. The number of hydrogen-bond donors (Lipinski definition) is 0. The number of halogens is 3. The van der Waals surface area contributed by atoms with E-state index in [0.29, 0.717) is 33.8 Å². The van der Waals surface area contributed by atoms with Crippen LogP contribution in [-0.4, -0.2) is 39.5 Å². The molecular formula is C38H25BrF2N10. The molecule has 0 saturated heterocycles. The van der Waals surface area contributed by atoms with Gasteiger partial charge in [-0.2, -0.15) is 20.7 Å². The normalized spacial score (nSPS) is 12.7. The zero-order chi connectivity index (χ0) is 35.7. The van der Waals surface area contributed by atoms with Crippen molar-refractivity contribution in [3.63, 3.8) is 0 Å². The molecule has 0 amide bonds. The molecule has 0 spiro atoms. The molecule has 0 radical (unpaired) electrons. The van der Waals surface area contributed by atoms with E-state index in [0.717, 1.165) is 48.2 Å². The fraction of sp³-hybridized carbons (Fsp3) is 0.158. The van der Waals surface area contributed by atoms with E-state index in [1.54, 1.807) is 70.8 Å². The molecule has 2 aliphatic rings. The van der Waals surface area contributed by atoms with Gasteiger partial charge >= 0.3 is 0 Å². The molecule has 2 aromatic carbocycles. The minimum Gasteiger partial charge on any atom is -0.239 e. The van der Waals surface area contributed by atoms with Gasteiger partial charge in [-0.25, -0.2) is 38.1 Å². The zero-order valence-electron chi connectivity index (χ0n) is 26.7. The van der Waals surface area contributed by atoms with Crippen molar-refractivity contribution in [2.45, 2.75) is 37.5 Å². The van der Waals surface area contributed by atoms with Crippen molar-refractivity contribution in [3.05, 3.63) is 142 Å². The highest BCUT2D eigenvalue weighted by molar-refractivity contribution is 9.10. The van der Waals surface area contributed by atoms with Crippen molar-refractivity contribution in [1.82, 2.24) is 39.5 Å². The van der Waals surface area contributed by atoms with Crippen molar-refractivity contribution in [3.8, 4) is 47.7 Å². The third-order valence-electron chi connectivity index (χ3n) is 7.53. The molecule has 248 valence electrons. The highest BCUT2D eigenvalue weighted by Gasteiger charge is 2.30. The summed E-state index contributed by atoms with van der Waals surface area (Å²) in [6.45, 7) is 0. The Kier molecular flexibility index (Phi) is 10.6. The summed E-state index contributed by atoms with van der Waals surface area (Å²) in [6.07, 6.45) is 19.9. The lowest BCUT2D eigenvalue weighted by Gasteiger charge is -2.02. The Labute approximate surface area is 300 Å². The number of aromatic nitrogens is 8. The molecule has 4 heterocycles. The number of nitrogens with zero attached hydrogens (tertiary/aromatic N) is 10. The summed E-state index contributed by atoms with van der Waals surface area (Å²) in [5, 5.41) is 26.9. The highest BCUT2D eigenvalue weighted by atomic mass is 79.9. The van der Waals surface area contributed by atoms with E-state index in [2.05, 4.69) is 63.8 Å². The maximum absolute atomic E-state index is 13.7. The summed E-state index contributed by atoms with van der Waals surface area (Å²) < 4.78 is 30.9. The monoisotopic (exact) mass is 738 g/mol. The second kappa shape index (κ2) is 15.8. The summed E-state index contributed by atoms with van der Waals surface area (Å²) in [5.41, 5.74) is 4.84. The minimum absolute atomic E-state index is 0.254. The maximum atomic E-state index is 13.7. The standard InChI is InChI=1S/C19H12FN5.C15H10FN3.C4H3BrN2/c20-16-8-13(11-21)9-17(10-16)25-12-15(19(24-25)14-2-3-14)4-5-18-22-6-1-7-23-18;1-2-11-9-19(18-15(11)12-3-4-12)14-6-10(8-17)5-13(16)7-14;5-4-6-2-1-3-7-4/h1,6-10,12,14H,2-3H2;1,5-7,9,12H,3-4H2;1-3H. The summed E-state index contributed by atoms with van der Waals surface area (Å²) in [6, 6.07) is 15.7. The third kappa shape index (κ3) is 9.13. The van der Waals surface area contributed by atoms with Crippen LogP contribution in [0.5, 0.6) is 0 Å². The molecule has 2 aliphatic carbocycles. The molecule has 4 aromatic heterocycles. The number of benzene rings is 2. The number of rotatable bonds is 4. The molecule has 10 nitrogen and oxygen atoms in total. The van der Waals surface area contributed by atoms with Crippen LogP contribution in [0.1, 0.15) is 77.0 Å². The molecule has 2 saturated carbocycles. The van der Waals surface area contributed by atoms with E-state index >= 15 is 0 Å². The largest absolute Gasteiger partial charge is 0.239 e. The Morgan fingerprint density at radius 3 is 1.57 bits per heavy atom. The smallest absolute Gasteiger partial charge is 0.205 e. The lowest BCUT2D eigenvalue weighted by atomic mass is 10.2. The van der Waals surface area contributed by atoms with E-state index in [9.17, 15) is 8.78 Å². The first-order valence-corrected chi connectivity index (χ1v) is 16.4. The number of nitriles is 2. The van der Waals surface area contributed by atoms with Gasteiger partial charge in [0.25, 0.3) is 0 Å². The van der Waals surface area contributed by atoms with Gasteiger partial charge in [-0.1, -0.05) is 11.8 Å². The Balaban J connectivity index is 0.000000151. The van der Waals surface area contributed by atoms with Crippen LogP contribution in [0, 0.1) is 58.5 Å². The van der Waals surface area contributed by atoms with Gasteiger partial charge in [0.2, 0.25) is 5.82 Å².